The second-order valence-electron chi connectivity index (χ2n) is 4.62. The third-order valence-corrected chi connectivity index (χ3v) is 3.66. The highest BCUT2D eigenvalue weighted by molar-refractivity contribution is 5.48. The average molecular weight is 241 g/mol. The van der Waals surface area contributed by atoms with Crippen molar-refractivity contribution in [3.05, 3.63) is 53.6 Å². The number of ether oxygens (including phenoxy) is 1. The van der Waals surface area contributed by atoms with Crippen LogP contribution in [0.2, 0.25) is 0 Å². The summed E-state index contributed by atoms with van der Waals surface area (Å²) >= 11 is 0. The van der Waals surface area contributed by atoms with Gasteiger partial charge in [0.1, 0.15) is 12.1 Å². The number of rotatable bonds is 2. The zero-order valence-electron chi connectivity index (χ0n) is 10.3. The molecule has 0 saturated carbocycles. The first-order valence-corrected chi connectivity index (χ1v) is 5.96. The summed E-state index contributed by atoms with van der Waals surface area (Å²) < 4.78 is 5.28. The van der Waals surface area contributed by atoms with Gasteiger partial charge in [-0.1, -0.05) is 6.07 Å². The normalized spacial score (nSPS) is 21.7. The molecule has 0 aliphatic heterocycles. The lowest BCUT2D eigenvalue weighted by atomic mass is 9.87. The van der Waals surface area contributed by atoms with E-state index in [2.05, 4.69) is 16.0 Å². The molecule has 0 amide bonds. The monoisotopic (exact) mass is 241 g/mol. The molecule has 0 radical (unpaired) electrons. The summed E-state index contributed by atoms with van der Waals surface area (Å²) in [7, 11) is 1.67. The molecule has 18 heavy (non-hydrogen) atoms. The Kier molecular flexibility index (Phi) is 2.52. The van der Waals surface area contributed by atoms with Gasteiger partial charge in [0.15, 0.2) is 0 Å². The number of hydrogen-bond donors (Lipinski definition) is 1. The second kappa shape index (κ2) is 4.07. The molecular formula is C14H15N3O. The van der Waals surface area contributed by atoms with Crippen LogP contribution in [0, 0.1) is 0 Å². The molecule has 92 valence electrons. The Hall–Kier alpha value is -1.94. The van der Waals surface area contributed by atoms with Crippen LogP contribution in [0.1, 0.15) is 23.1 Å². The number of fused-ring (bicyclic) bond motifs is 1. The van der Waals surface area contributed by atoms with Gasteiger partial charge < -0.3 is 10.5 Å². The zero-order chi connectivity index (χ0) is 12.6. The first-order valence-electron chi connectivity index (χ1n) is 5.96. The molecule has 1 aromatic heterocycles. The summed E-state index contributed by atoms with van der Waals surface area (Å²) in [6.45, 7) is 0. The van der Waals surface area contributed by atoms with E-state index < -0.39 is 5.54 Å². The Morgan fingerprint density at radius 2 is 2.06 bits per heavy atom. The number of hydrogen-bond acceptors (Lipinski definition) is 4. The van der Waals surface area contributed by atoms with Crippen LogP contribution >= 0.6 is 0 Å². The Labute approximate surface area is 106 Å². The highest BCUT2D eigenvalue weighted by Gasteiger charge is 2.37. The van der Waals surface area contributed by atoms with Crippen LogP contribution in [0.15, 0.2) is 36.9 Å². The van der Waals surface area contributed by atoms with Crippen molar-refractivity contribution in [3.63, 3.8) is 0 Å². The lowest BCUT2D eigenvalue weighted by Gasteiger charge is -2.25. The lowest BCUT2D eigenvalue weighted by Crippen LogP contribution is -2.35. The fourth-order valence-corrected chi connectivity index (χ4v) is 2.61. The van der Waals surface area contributed by atoms with Crippen molar-refractivity contribution >= 4 is 0 Å². The maximum absolute atomic E-state index is 6.58. The van der Waals surface area contributed by atoms with Gasteiger partial charge in [-0.05, 0) is 36.1 Å². The van der Waals surface area contributed by atoms with Gasteiger partial charge in [0, 0.05) is 18.0 Å². The summed E-state index contributed by atoms with van der Waals surface area (Å²) in [6.07, 6.45) is 6.96. The minimum atomic E-state index is -0.495. The molecular weight excluding hydrogens is 226 g/mol. The van der Waals surface area contributed by atoms with Crippen molar-refractivity contribution in [2.24, 2.45) is 5.73 Å². The van der Waals surface area contributed by atoms with Crippen LogP contribution in [0.3, 0.4) is 0 Å². The number of nitrogens with two attached hydrogens (primary N) is 1. The maximum atomic E-state index is 6.58. The summed E-state index contributed by atoms with van der Waals surface area (Å²) in [6, 6.07) is 6.09. The maximum Gasteiger partial charge on any atom is 0.119 e. The van der Waals surface area contributed by atoms with Gasteiger partial charge in [-0.3, -0.25) is 0 Å². The van der Waals surface area contributed by atoms with Gasteiger partial charge in [0.25, 0.3) is 0 Å². The molecule has 4 nitrogen and oxygen atoms in total. The van der Waals surface area contributed by atoms with Crippen LogP contribution in [-0.2, 0) is 12.0 Å². The number of methoxy groups -OCH3 is 1. The van der Waals surface area contributed by atoms with Crippen molar-refractivity contribution in [3.8, 4) is 5.75 Å². The molecule has 3 rings (SSSR count). The van der Waals surface area contributed by atoms with E-state index in [1.807, 2.05) is 12.1 Å². The first-order chi connectivity index (χ1) is 8.74. The Bertz CT molecular complexity index is 571. The summed E-state index contributed by atoms with van der Waals surface area (Å²) in [5.41, 5.74) is 9.44. The van der Waals surface area contributed by atoms with Gasteiger partial charge >= 0.3 is 0 Å². The highest BCUT2D eigenvalue weighted by atomic mass is 16.5. The molecule has 0 fully saturated rings. The van der Waals surface area contributed by atoms with Crippen molar-refractivity contribution < 1.29 is 4.74 Å². The van der Waals surface area contributed by atoms with E-state index in [4.69, 9.17) is 10.5 Å². The smallest absolute Gasteiger partial charge is 0.119 e. The molecule has 2 N–H and O–H groups in total. The van der Waals surface area contributed by atoms with Gasteiger partial charge in [0.05, 0.1) is 12.6 Å². The molecule has 1 aromatic carbocycles. The minimum absolute atomic E-state index is 0.495. The lowest BCUT2D eigenvalue weighted by molar-refractivity contribution is 0.413. The van der Waals surface area contributed by atoms with Gasteiger partial charge in [0.2, 0.25) is 0 Å². The van der Waals surface area contributed by atoms with Crippen molar-refractivity contribution in [2.75, 3.05) is 7.11 Å². The van der Waals surface area contributed by atoms with E-state index in [0.29, 0.717) is 0 Å². The fraction of sp³-hybridized carbons (Fsp3) is 0.286. The number of benzene rings is 1. The third kappa shape index (κ3) is 1.57. The first kappa shape index (κ1) is 11.2. The summed E-state index contributed by atoms with van der Waals surface area (Å²) in [5.74, 6) is 0.835. The second-order valence-corrected chi connectivity index (χ2v) is 4.62. The van der Waals surface area contributed by atoms with Crippen LogP contribution < -0.4 is 10.5 Å². The molecule has 1 heterocycles. The molecule has 0 saturated heterocycles. The number of aromatic nitrogens is 2. The van der Waals surface area contributed by atoms with Crippen molar-refractivity contribution in [2.45, 2.75) is 18.4 Å². The minimum Gasteiger partial charge on any atom is -0.497 e. The van der Waals surface area contributed by atoms with Crippen LogP contribution in [0.5, 0.6) is 5.75 Å². The SMILES string of the molecule is COc1ccc2c(c1)C(N)(c1cncnc1)CC2. The Morgan fingerprint density at radius 3 is 2.78 bits per heavy atom. The number of nitrogens with zero attached hydrogens (tertiary/aromatic N) is 2. The fourth-order valence-electron chi connectivity index (χ4n) is 2.61. The van der Waals surface area contributed by atoms with E-state index in [0.717, 1.165) is 29.7 Å². The topological polar surface area (TPSA) is 61.0 Å². The zero-order valence-corrected chi connectivity index (χ0v) is 10.3. The third-order valence-electron chi connectivity index (χ3n) is 3.66. The van der Waals surface area contributed by atoms with Gasteiger partial charge in [-0.2, -0.15) is 0 Å². The van der Waals surface area contributed by atoms with E-state index in [1.165, 1.54) is 11.9 Å². The predicted octanol–water partition coefficient (Wildman–Crippen LogP) is 1.63. The van der Waals surface area contributed by atoms with E-state index in [9.17, 15) is 0 Å². The molecule has 0 spiro atoms. The van der Waals surface area contributed by atoms with Gasteiger partial charge in [-0.15, -0.1) is 0 Å². The van der Waals surface area contributed by atoms with Crippen molar-refractivity contribution in [1.29, 1.82) is 0 Å². The van der Waals surface area contributed by atoms with Crippen LogP contribution in [0.25, 0.3) is 0 Å². The molecule has 4 heteroatoms. The summed E-state index contributed by atoms with van der Waals surface area (Å²) in [5, 5.41) is 0. The number of aryl methyl sites for hydroxylation is 1. The quantitative estimate of drug-likeness (QED) is 0.868. The highest BCUT2D eigenvalue weighted by Crippen LogP contribution is 2.40. The molecule has 1 aliphatic rings. The molecule has 1 aliphatic carbocycles. The van der Waals surface area contributed by atoms with E-state index in [1.54, 1.807) is 19.5 Å². The van der Waals surface area contributed by atoms with Crippen LogP contribution in [0.4, 0.5) is 0 Å². The molecule has 1 unspecified atom stereocenters. The van der Waals surface area contributed by atoms with Crippen molar-refractivity contribution in [1.82, 2.24) is 9.97 Å². The van der Waals surface area contributed by atoms with E-state index >= 15 is 0 Å². The Morgan fingerprint density at radius 1 is 1.28 bits per heavy atom. The Balaban J connectivity index is 2.13. The predicted molar refractivity (Wildman–Crippen MR) is 68.3 cm³/mol. The van der Waals surface area contributed by atoms with E-state index in [-0.39, 0.29) is 0 Å². The molecule has 1 atom stereocenters. The largest absolute Gasteiger partial charge is 0.497 e. The van der Waals surface area contributed by atoms with Gasteiger partial charge in [-0.25, -0.2) is 9.97 Å². The standard InChI is InChI=1S/C14H15N3O/c1-18-12-3-2-10-4-5-14(15,13(10)6-12)11-7-16-9-17-8-11/h2-3,6-9H,4-5,15H2,1H3. The average Bonchev–Trinajstić information content (AvgIpc) is 2.78. The summed E-state index contributed by atoms with van der Waals surface area (Å²) in [4.78, 5) is 8.14. The van der Waals surface area contributed by atoms with Crippen LogP contribution in [-0.4, -0.2) is 17.1 Å². The molecule has 0 bridgehead atoms. The molecule has 2 aromatic rings.